The van der Waals surface area contributed by atoms with Crippen LogP contribution in [0.15, 0.2) is 47.1 Å². The third-order valence-corrected chi connectivity index (χ3v) is 5.90. The predicted molar refractivity (Wildman–Crippen MR) is 123 cm³/mol. The number of benzene rings is 1. The fourth-order valence-electron chi connectivity index (χ4n) is 3.72. The Balaban J connectivity index is 0.00000132. The van der Waals surface area contributed by atoms with Crippen LogP contribution >= 0.6 is 0 Å². The SMILES string of the molecule is CC.NC1=NS(=O)Nc2cccc(OCC3CCCCN3C(=O)Cc3ccncc3)c21. The topological polar surface area (TPSA) is 110 Å². The average molecular weight is 444 g/mol. The van der Waals surface area contributed by atoms with E-state index in [0.717, 1.165) is 31.4 Å². The van der Waals surface area contributed by atoms with Gasteiger partial charge < -0.3 is 15.4 Å². The number of amidine groups is 1. The van der Waals surface area contributed by atoms with E-state index in [-0.39, 0.29) is 17.8 Å². The van der Waals surface area contributed by atoms with Crippen molar-refractivity contribution in [1.82, 2.24) is 9.88 Å². The zero-order valence-corrected chi connectivity index (χ0v) is 18.7. The molecule has 0 aliphatic carbocycles. The van der Waals surface area contributed by atoms with Crippen LogP contribution in [0.5, 0.6) is 5.75 Å². The summed E-state index contributed by atoms with van der Waals surface area (Å²) in [6.45, 7) is 5.10. The van der Waals surface area contributed by atoms with E-state index in [1.807, 2.05) is 43.0 Å². The monoisotopic (exact) mass is 443 g/mol. The normalized spacial score (nSPS) is 19.8. The number of nitrogens with one attached hydrogen (secondary N) is 1. The minimum absolute atomic E-state index is 0.00205. The van der Waals surface area contributed by atoms with Gasteiger partial charge in [-0.05, 0) is 49.1 Å². The van der Waals surface area contributed by atoms with Gasteiger partial charge in [-0.3, -0.25) is 14.5 Å². The first kappa shape index (κ1) is 22.7. The highest BCUT2D eigenvalue weighted by Crippen LogP contribution is 2.30. The maximum absolute atomic E-state index is 12.9. The van der Waals surface area contributed by atoms with Crippen LogP contribution in [0.2, 0.25) is 0 Å². The zero-order valence-electron chi connectivity index (χ0n) is 17.9. The lowest BCUT2D eigenvalue weighted by Crippen LogP contribution is -2.47. The number of piperidine rings is 1. The Morgan fingerprint density at radius 3 is 2.81 bits per heavy atom. The number of fused-ring (bicyclic) bond motifs is 1. The molecule has 4 rings (SSSR count). The number of nitrogens with two attached hydrogens (primary N) is 1. The molecule has 2 atom stereocenters. The third kappa shape index (κ3) is 5.61. The third-order valence-electron chi connectivity index (χ3n) is 5.14. The number of aromatic nitrogens is 1. The van der Waals surface area contributed by atoms with Gasteiger partial charge in [0.15, 0.2) is 0 Å². The van der Waals surface area contributed by atoms with Crippen LogP contribution in [0.25, 0.3) is 0 Å². The fourth-order valence-corrected chi connectivity index (χ4v) is 4.39. The molecular weight excluding hydrogens is 414 g/mol. The average Bonchev–Trinajstić information content (AvgIpc) is 2.79. The maximum atomic E-state index is 12.9. The summed E-state index contributed by atoms with van der Waals surface area (Å²) in [5.74, 6) is 0.847. The van der Waals surface area contributed by atoms with Crippen LogP contribution in [0.1, 0.15) is 44.2 Å². The Bertz CT molecular complexity index is 951. The summed E-state index contributed by atoms with van der Waals surface area (Å²) in [6, 6.07) is 9.13. The van der Waals surface area contributed by atoms with Crippen molar-refractivity contribution in [1.29, 1.82) is 0 Å². The first-order valence-corrected chi connectivity index (χ1v) is 11.7. The highest BCUT2D eigenvalue weighted by Gasteiger charge is 2.28. The summed E-state index contributed by atoms with van der Waals surface area (Å²) in [4.78, 5) is 18.8. The second kappa shape index (κ2) is 10.9. The molecule has 3 heterocycles. The van der Waals surface area contributed by atoms with E-state index in [9.17, 15) is 9.00 Å². The van der Waals surface area contributed by atoms with Crippen LogP contribution < -0.4 is 15.2 Å². The van der Waals surface area contributed by atoms with Gasteiger partial charge in [0, 0.05) is 18.9 Å². The van der Waals surface area contributed by atoms with Gasteiger partial charge in [-0.25, -0.2) is 4.21 Å². The number of anilines is 1. The van der Waals surface area contributed by atoms with Crippen LogP contribution in [-0.4, -0.2) is 45.0 Å². The van der Waals surface area contributed by atoms with Crippen LogP contribution in [0.4, 0.5) is 5.69 Å². The summed E-state index contributed by atoms with van der Waals surface area (Å²) in [7, 11) is 0. The van der Waals surface area contributed by atoms with Crippen molar-refractivity contribution in [3.8, 4) is 5.75 Å². The number of hydrogen-bond donors (Lipinski definition) is 2. The van der Waals surface area contributed by atoms with E-state index in [1.54, 1.807) is 18.5 Å². The van der Waals surface area contributed by atoms with Gasteiger partial charge in [-0.15, -0.1) is 0 Å². The molecule has 1 saturated heterocycles. The smallest absolute Gasteiger partial charge is 0.245 e. The van der Waals surface area contributed by atoms with Crippen molar-refractivity contribution in [3.63, 3.8) is 0 Å². The van der Waals surface area contributed by atoms with E-state index in [4.69, 9.17) is 10.5 Å². The Hall–Kier alpha value is -2.94. The Kier molecular flexibility index (Phi) is 8.00. The van der Waals surface area contributed by atoms with Crippen molar-refractivity contribution in [3.05, 3.63) is 53.9 Å². The second-order valence-electron chi connectivity index (χ2n) is 7.09. The highest BCUT2D eigenvalue weighted by molar-refractivity contribution is 7.85. The van der Waals surface area contributed by atoms with Crippen molar-refractivity contribution in [2.24, 2.45) is 10.1 Å². The van der Waals surface area contributed by atoms with Gasteiger partial charge in [0.1, 0.15) is 18.2 Å². The van der Waals surface area contributed by atoms with E-state index >= 15 is 0 Å². The first-order valence-electron chi connectivity index (χ1n) is 10.6. The number of amides is 1. The largest absolute Gasteiger partial charge is 0.491 e. The summed E-state index contributed by atoms with van der Waals surface area (Å²) < 4.78 is 24.4. The molecule has 3 N–H and O–H groups in total. The van der Waals surface area contributed by atoms with E-state index in [1.165, 1.54) is 0 Å². The fraction of sp³-hybridized carbons (Fsp3) is 0.409. The Morgan fingerprint density at radius 2 is 2.03 bits per heavy atom. The Morgan fingerprint density at radius 1 is 1.26 bits per heavy atom. The molecule has 0 spiro atoms. The van der Waals surface area contributed by atoms with E-state index < -0.39 is 11.2 Å². The molecule has 2 aliphatic heterocycles. The molecule has 1 fully saturated rings. The van der Waals surface area contributed by atoms with Crippen molar-refractivity contribution >= 4 is 28.6 Å². The molecule has 9 heteroatoms. The van der Waals surface area contributed by atoms with Crippen molar-refractivity contribution in [2.45, 2.75) is 45.6 Å². The zero-order chi connectivity index (χ0) is 22.2. The summed E-state index contributed by atoms with van der Waals surface area (Å²) in [6.07, 6.45) is 6.70. The number of carbonyl (C=O) groups is 1. The molecule has 1 aromatic carbocycles. The maximum Gasteiger partial charge on any atom is 0.245 e. The van der Waals surface area contributed by atoms with Gasteiger partial charge >= 0.3 is 0 Å². The molecular formula is C22H29N5O3S. The molecule has 0 radical (unpaired) electrons. The van der Waals surface area contributed by atoms with Crippen molar-refractivity contribution < 1.29 is 13.7 Å². The number of pyridine rings is 1. The molecule has 8 nitrogen and oxygen atoms in total. The number of nitrogens with zero attached hydrogens (tertiary/aromatic N) is 3. The standard InChI is InChI=1S/C20H23N5O3S.C2H6/c21-20-19-16(23-29(27)24-20)5-3-6-17(19)28-13-15-4-1-2-11-25(15)18(26)12-14-7-9-22-10-8-14;1-2/h3,5-10,15,23H,1-2,4,11-13H2,(H2,21,24);1-2H3. The molecule has 0 saturated carbocycles. The number of likely N-dealkylation sites (tertiary alicyclic amines) is 1. The molecule has 1 amide bonds. The highest BCUT2D eigenvalue weighted by atomic mass is 32.2. The number of hydrogen-bond acceptors (Lipinski definition) is 5. The van der Waals surface area contributed by atoms with Gasteiger partial charge in [-0.2, -0.15) is 4.40 Å². The Labute approximate surface area is 185 Å². The molecule has 1 aromatic heterocycles. The number of rotatable bonds is 5. The van der Waals surface area contributed by atoms with Crippen LogP contribution in [-0.2, 0) is 22.4 Å². The summed E-state index contributed by atoms with van der Waals surface area (Å²) >= 11 is -1.58. The van der Waals surface area contributed by atoms with Gasteiger partial charge in [0.05, 0.1) is 23.7 Å². The summed E-state index contributed by atoms with van der Waals surface area (Å²) in [5, 5.41) is 0. The lowest BCUT2D eigenvalue weighted by molar-refractivity contribution is -0.134. The molecule has 2 aliphatic rings. The lowest BCUT2D eigenvalue weighted by Gasteiger charge is -2.36. The van der Waals surface area contributed by atoms with Gasteiger partial charge in [0.25, 0.3) is 0 Å². The molecule has 2 unspecified atom stereocenters. The van der Waals surface area contributed by atoms with Gasteiger partial charge in [-0.1, -0.05) is 19.9 Å². The van der Waals surface area contributed by atoms with Crippen LogP contribution in [0, 0.1) is 0 Å². The second-order valence-corrected chi connectivity index (χ2v) is 7.97. The van der Waals surface area contributed by atoms with Crippen LogP contribution in [0.3, 0.4) is 0 Å². The lowest BCUT2D eigenvalue weighted by atomic mass is 10.0. The molecule has 31 heavy (non-hydrogen) atoms. The first-order chi connectivity index (χ1) is 15.1. The number of carbonyl (C=O) groups excluding carboxylic acids is 1. The quantitative estimate of drug-likeness (QED) is 0.738. The minimum Gasteiger partial charge on any atom is -0.491 e. The molecule has 0 bridgehead atoms. The molecule has 166 valence electrons. The van der Waals surface area contributed by atoms with Crippen molar-refractivity contribution in [2.75, 3.05) is 17.9 Å². The van der Waals surface area contributed by atoms with Gasteiger partial charge in [0.2, 0.25) is 17.1 Å². The van der Waals surface area contributed by atoms with E-state index in [0.29, 0.717) is 30.0 Å². The minimum atomic E-state index is -1.58. The molecule has 2 aromatic rings. The summed E-state index contributed by atoms with van der Waals surface area (Å²) in [5.41, 5.74) is 8.17. The predicted octanol–water partition coefficient (Wildman–Crippen LogP) is 2.82. The van der Waals surface area contributed by atoms with E-state index in [2.05, 4.69) is 14.1 Å². The number of ether oxygens (including phenoxy) is 1.